The van der Waals surface area contributed by atoms with Gasteiger partial charge in [-0.1, -0.05) is 6.07 Å². The third-order valence-electron chi connectivity index (χ3n) is 3.26. The Hall–Kier alpha value is -2.34. The summed E-state index contributed by atoms with van der Waals surface area (Å²) in [4.78, 5) is 12.0. The Morgan fingerprint density at radius 3 is 2.58 bits per heavy atom. The molecule has 0 aliphatic rings. The van der Waals surface area contributed by atoms with Gasteiger partial charge in [-0.25, -0.2) is 5.43 Å². The summed E-state index contributed by atoms with van der Waals surface area (Å²) in [5.41, 5.74) is 4.43. The Morgan fingerprint density at radius 1 is 1.25 bits per heavy atom. The Bertz CT molecular complexity index is 730. The van der Waals surface area contributed by atoms with E-state index >= 15 is 0 Å². The molecule has 0 aliphatic heterocycles. The highest BCUT2D eigenvalue weighted by Crippen LogP contribution is 2.26. The monoisotopic (exact) mass is 390 g/mol. The summed E-state index contributed by atoms with van der Waals surface area (Å²) < 4.78 is 11.5. The van der Waals surface area contributed by atoms with Gasteiger partial charge in [-0.15, -0.1) is 0 Å². The first-order valence-electron chi connectivity index (χ1n) is 7.39. The Kier molecular flexibility index (Phi) is 6.37. The van der Waals surface area contributed by atoms with Gasteiger partial charge in [0.15, 0.2) is 6.10 Å². The van der Waals surface area contributed by atoms with Crippen LogP contribution in [0.15, 0.2) is 52.0 Å². The first kappa shape index (κ1) is 18.0. The largest absolute Gasteiger partial charge is 0.497 e. The second-order valence-corrected chi connectivity index (χ2v) is 6.06. The zero-order valence-corrected chi connectivity index (χ0v) is 15.3. The molecule has 126 valence electrons. The van der Waals surface area contributed by atoms with Crippen molar-refractivity contribution in [2.45, 2.75) is 20.0 Å². The van der Waals surface area contributed by atoms with Crippen molar-refractivity contribution >= 4 is 28.1 Å². The van der Waals surface area contributed by atoms with Crippen LogP contribution in [0.1, 0.15) is 18.1 Å². The third kappa shape index (κ3) is 5.09. The van der Waals surface area contributed by atoms with Gasteiger partial charge in [0.05, 0.1) is 17.8 Å². The minimum atomic E-state index is -0.669. The van der Waals surface area contributed by atoms with Crippen LogP contribution in [-0.4, -0.2) is 25.3 Å². The van der Waals surface area contributed by atoms with Crippen molar-refractivity contribution < 1.29 is 14.3 Å². The van der Waals surface area contributed by atoms with Gasteiger partial charge in [0.2, 0.25) is 0 Å². The van der Waals surface area contributed by atoms with E-state index in [4.69, 9.17) is 9.47 Å². The van der Waals surface area contributed by atoms with Crippen LogP contribution >= 0.6 is 15.9 Å². The standard InChI is InChI=1S/C18H19BrN2O3/c1-12-4-9-17(16(19)10-12)24-13(2)18(22)21-20-11-14-5-7-15(23-3)8-6-14/h4-11,13H,1-3H3,(H,21,22)/b20-11+. The van der Waals surface area contributed by atoms with Crippen LogP contribution in [0.3, 0.4) is 0 Å². The van der Waals surface area contributed by atoms with Gasteiger partial charge in [0, 0.05) is 0 Å². The maximum Gasteiger partial charge on any atom is 0.280 e. The molecule has 1 unspecified atom stereocenters. The van der Waals surface area contributed by atoms with E-state index in [1.807, 2.05) is 49.4 Å². The summed E-state index contributed by atoms with van der Waals surface area (Å²) in [6.45, 7) is 3.66. The van der Waals surface area contributed by atoms with Gasteiger partial charge in [0.25, 0.3) is 5.91 Å². The number of benzene rings is 2. The molecule has 0 aromatic heterocycles. The number of amides is 1. The van der Waals surface area contributed by atoms with Crippen LogP contribution in [0.2, 0.25) is 0 Å². The lowest BCUT2D eigenvalue weighted by atomic mass is 10.2. The van der Waals surface area contributed by atoms with Crippen molar-refractivity contribution in [1.82, 2.24) is 5.43 Å². The first-order chi connectivity index (χ1) is 11.5. The van der Waals surface area contributed by atoms with Crippen molar-refractivity contribution in [1.29, 1.82) is 0 Å². The summed E-state index contributed by atoms with van der Waals surface area (Å²) in [7, 11) is 1.61. The van der Waals surface area contributed by atoms with Gasteiger partial charge >= 0.3 is 0 Å². The lowest BCUT2D eigenvalue weighted by molar-refractivity contribution is -0.127. The topological polar surface area (TPSA) is 59.9 Å². The van der Waals surface area contributed by atoms with Gasteiger partial charge in [-0.2, -0.15) is 5.10 Å². The number of carbonyl (C=O) groups excluding carboxylic acids is 1. The lowest BCUT2D eigenvalue weighted by Crippen LogP contribution is -2.33. The fraction of sp³-hybridized carbons (Fsp3) is 0.222. The van der Waals surface area contributed by atoms with Crippen LogP contribution < -0.4 is 14.9 Å². The molecule has 2 rings (SSSR count). The Morgan fingerprint density at radius 2 is 1.96 bits per heavy atom. The van der Waals surface area contributed by atoms with E-state index in [0.717, 1.165) is 21.3 Å². The van der Waals surface area contributed by atoms with E-state index in [1.165, 1.54) is 0 Å². The predicted octanol–water partition coefficient (Wildman–Crippen LogP) is 3.68. The summed E-state index contributed by atoms with van der Waals surface area (Å²) >= 11 is 3.42. The molecule has 0 saturated heterocycles. The van der Waals surface area contributed by atoms with Crippen LogP contribution in [0.25, 0.3) is 0 Å². The number of hydrogen-bond acceptors (Lipinski definition) is 4. The predicted molar refractivity (Wildman–Crippen MR) is 97.7 cm³/mol. The zero-order valence-electron chi connectivity index (χ0n) is 13.7. The molecule has 1 atom stereocenters. The second kappa shape index (κ2) is 8.49. The number of nitrogens with one attached hydrogen (secondary N) is 1. The SMILES string of the molecule is COc1ccc(/C=N/NC(=O)C(C)Oc2ccc(C)cc2Br)cc1. The highest BCUT2D eigenvalue weighted by molar-refractivity contribution is 9.10. The summed E-state index contributed by atoms with van der Waals surface area (Å²) in [6.07, 6.45) is 0.892. The van der Waals surface area contributed by atoms with Gasteiger partial charge in [0.1, 0.15) is 11.5 Å². The fourth-order valence-corrected chi connectivity index (χ4v) is 2.48. The molecule has 0 spiro atoms. The summed E-state index contributed by atoms with van der Waals surface area (Å²) in [5, 5.41) is 3.94. The molecule has 24 heavy (non-hydrogen) atoms. The molecular formula is C18H19BrN2O3. The maximum absolute atomic E-state index is 12.0. The number of hydrogen-bond donors (Lipinski definition) is 1. The lowest BCUT2D eigenvalue weighted by Gasteiger charge is -2.14. The molecule has 0 aliphatic carbocycles. The molecule has 0 radical (unpaired) electrons. The molecule has 1 amide bonds. The minimum Gasteiger partial charge on any atom is -0.497 e. The van der Waals surface area contributed by atoms with Crippen LogP contribution in [0.5, 0.6) is 11.5 Å². The molecule has 0 bridgehead atoms. The molecule has 0 heterocycles. The molecule has 2 aromatic rings. The van der Waals surface area contributed by atoms with Crippen molar-refractivity contribution in [3.63, 3.8) is 0 Å². The average molecular weight is 391 g/mol. The molecule has 1 N–H and O–H groups in total. The number of halogens is 1. The number of nitrogens with zero attached hydrogens (tertiary/aromatic N) is 1. The molecular weight excluding hydrogens is 372 g/mol. The van der Waals surface area contributed by atoms with Crippen LogP contribution in [-0.2, 0) is 4.79 Å². The van der Waals surface area contributed by atoms with Crippen LogP contribution in [0, 0.1) is 6.92 Å². The van der Waals surface area contributed by atoms with Crippen LogP contribution in [0.4, 0.5) is 0 Å². The summed E-state index contributed by atoms with van der Waals surface area (Å²) in [6, 6.07) is 13.0. The van der Waals surface area contributed by atoms with E-state index in [1.54, 1.807) is 20.2 Å². The number of carbonyl (C=O) groups is 1. The third-order valence-corrected chi connectivity index (χ3v) is 3.88. The minimum absolute atomic E-state index is 0.327. The zero-order chi connectivity index (χ0) is 17.5. The molecule has 0 saturated carbocycles. The smallest absolute Gasteiger partial charge is 0.280 e. The van der Waals surface area contributed by atoms with E-state index in [-0.39, 0.29) is 5.91 Å². The molecule has 5 nitrogen and oxygen atoms in total. The number of aryl methyl sites for hydroxylation is 1. The Balaban J connectivity index is 1.89. The highest BCUT2D eigenvalue weighted by Gasteiger charge is 2.15. The van der Waals surface area contributed by atoms with Gasteiger partial charge < -0.3 is 9.47 Å². The Labute approximate surface area is 149 Å². The highest BCUT2D eigenvalue weighted by atomic mass is 79.9. The van der Waals surface area contributed by atoms with Gasteiger partial charge in [-0.05, 0) is 77.3 Å². The van der Waals surface area contributed by atoms with Crippen molar-refractivity contribution in [2.24, 2.45) is 5.10 Å². The number of rotatable bonds is 6. The van der Waals surface area contributed by atoms with Crippen molar-refractivity contribution in [3.05, 3.63) is 58.1 Å². The normalized spacial score (nSPS) is 12.0. The first-order valence-corrected chi connectivity index (χ1v) is 8.18. The average Bonchev–Trinajstić information content (AvgIpc) is 2.57. The number of hydrazone groups is 1. The summed E-state index contributed by atoms with van der Waals surface area (Å²) in [5.74, 6) is 1.05. The molecule has 2 aromatic carbocycles. The van der Waals surface area contributed by atoms with E-state index in [2.05, 4.69) is 26.5 Å². The fourth-order valence-electron chi connectivity index (χ4n) is 1.90. The van der Waals surface area contributed by atoms with E-state index < -0.39 is 6.10 Å². The van der Waals surface area contributed by atoms with E-state index in [9.17, 15) is 4.79 Å². The van der Waals surface area contributed by atoms with Gasteiger partial charge in [-0.3, -0.25) is 4.79 Å². The molecule has 6 heteroatoms. The second-order valence-electron chi connectivity index (χ2n) is 5.20. The van der Waals surface area contributed by atoms with Crippen molar-refractivity contribution in [3.8, 4) is 11.5 Å². The maximum atomic E-state index is 12.0. The number of methoxy groups -OCH3 is 1. The molecule has 0 fully saturated rings. The van der Waals surface area contributed by atoms with E-state index in [0.29, 0.717) is 5.75 Å². The number of ether oxygens (including phenoxy) is 2. The quantitative estimate of drug-likeness (QED) is 0.604. The van der Waals surface area contributed by atoms with Crippen molar-refractivity contribution in [2.75, 3.05) is 7.11 Å².